The largest absolute Gasteiger partial charge is 0.314 e. The molecule has 4 nitrogen and oxygen atoms in total. The zero-order valence-electron chi connectivity index (χ0n) is 18.1. The lowest BCUT2D eigenvalue weighted by Gasteiger charge is -2.34. The fourth-order valence-corrected chi connectivity index (χ4v) is 4.08. The SMILES string of the molecule is C[C@H]1CNCCN1Cc1cc(-c2ccnc(CCCc3cc(F)cc(F)c3)n2)ccc1F. The second-order valence-electron chi connectivity index (χ2n) is 8.32. The van der Waals surface area contributed by atoms with E-state index in [2.05, 4.69) is 27.1 Å². The molecule has 4 rings (SSSR count). The molecule has 1 aliphatic rings. The number of nitrogens with zero attached hydrogens (tertiary/aromatic N) is 3. The molecule has 1 aliphatic heterocycles. The number of nitrogens with one attached hydrogen (secondary N) is 1. The van der Waals surface area contributed by atoms with Gasteiger partial charge in [-0.3, -0.25) is 4.90 Å². The van der Waals surface area contributed by atoms with Gasteiger partial charge in [-0.05, 0) is 61.7 Å². The third kappa shape index (κ3) is 5.72. The van der Waals surface area contributed by atoms with E-state index in [9.17, 15) is 13.2 Å². The molecular formula is C25H27F3N4. The molecule has 1 fully saturated rings. The van der Waals surface area contributed by atoms with Gasteiger partial charge in [-0.25, -0.2) is 23.1 Å². The Hall–Kier alpha value is -2.77. The van der Waals surface area contributed by atoms with E-state index in [0.29, 0.717) is 48.8 Å². The van der Waals surface area contributed by atoms with Crippen LogP contribution in [0.4, 0.5) is 13.2 Å². The summed E-state index contributed by atoms with van der Waals surface area (Å²) in [5, 5.41) is 3.35. The summed E-state index contributed by atoms with van der Waals surface area (Å²) in [6.45, 7) is 5.40. The number of benzene rings is 2. The number of aromatic nitrogens is 2. The Morgan fingerprint density at radius 3 is 2.62 bits per heavy atom. The lowest BCUT2D eigenvalue weighted by Crippen LogP contribution is -2.49. The molecule has 1 saturated heterocycles. The first-order valence-electron chi connectivity index (χ1n) is 11.0. The first kappa shape index (κ1) is 22.4. The Labute approximate surface area is 186 Å². The number of hydrogen-bond donors (Lipinski definition) is 1. The molecule has 0 amide bonds. The Balaban J connectivity index is 1.44. The summed E-state index contributed by atoms with van der Waals surface area (Å²) in [5.41, 5.74) is 2.86. The maximum absolute atomic E-state index is 14.5. The van der Waals surface area contributed by atoms with Gasteiger partial charge < -0.3 is 5.32 Å². The quantitative estimate of drug-likeness (QED) is 0.586. The first-order valence-corrected chi connectivity index (χ1v) is 11.0. The molecule has 0 saturated carbocycles. The summed E-state index contributed by atoms with van der Waals surface area (Å²) in [4.78, 5) is 11.2. The first-order chi connectivity index (χ1) is 15.5. The molecule has 0 aliphatic carbocycles. The van der Waals surface area contributed by atoms with Crippen molar-refractivity contribution in [2.75, 3.05) is 19.6 Å². The molecule has 2 heterocycles. The Morgan fingerprint density at radius 2 is 1.84 bits per heavy atom. The van der Waals surface area contributed by atoms with E-state index in [1.54, 1.807) is 12.3 Å². The van der Waals surface area contributed by atoms with Gasteiger partial charge in [0.2, 0.25) is 0 Å². The summed E-state index contributed by atoms with van der Waals surface area (Å²) in [6.07, 6.45) is 3.48. The smallest absolute Gasteiger partial charge is 0.128 e. The van der Waals surface area contributed by atoms with Gasteiger partial charge in [0, 0.05) is 62.0 Å². The van der Waals surface area contributed by atoms with Crippen LogP contribution in [0.15, 0.2) is 48.7 Å². The fraction of sp³-hybridized carbons (Fsp3) is 0.360. The lowest BCUT2D eigenvalue weighted by atomic mass is 10.0. The van der Waals surface area contributed by atoms with Gasteiger partial charge in [-0.1, -0.05) is 0 Å². The molecule has 2 aromatic carbocycles. The lowest BCUT2D eigenvalue weighted by molar-refractivity contribution is 0.164. The van der Waals surface area contributed by atoms with Crippen molar-refractivity contribution in [1.82, 2.24) is 20.2 Å². The number of piperazine rings is 1. The third-order valence-electron chi connectivity index (χ3n) is 5.85. The number of hydrogen-bond acceptors (Lipinski definition) is 4. The molecule has 0 spiro atoms. The van der Waals surface area contributed by atoms with E-state index >= 15 is 0 Å². The van der Waals surface area contributed by atoms with Crippen LogP contribution in [0.25, 0.3) is 11.3 Å². The van der Waals surface area contributed by atoms with Gasteiger partial charge in [0.25, 0.3) is 0 Å². The Morgan fingerprint density at radius 1 is 1.03 bits per heavy atom. The highest BCUT2D eigenvalue weighted by Crippen LogP contribution is 2.23. The molecule has 168 valence electrons. The maximum Gasteiger partial charge on any atom is 0.128 e. The summed E-state index contributed by atoms with van der Waals surface area (Å²) < 4.78 is 41.2. The van der Waals surface area contributed by atoms with Crippen LogP contribution in [0.5, 0.6) is 0 Å². The van der Waals surface area contributed by atoms with Crippen LogP contribution in [0, 0.1) is 17.5 Å². The van der Waals surface area contributed by atoms with Crippen molar-refractivity contribution in [1.29, 1.82) is 0 Å². The van der Waals surface area contributed by atoms with Gasteiger partial charge in [0.05, 0.1) is 5.69 Å². The normalized spacial score (nSPS) is 16.9. The summed E-state index contributed by atoms with van der Waals surface area (Å²) in [5.74, 6) is -0.696. The molecular weight excluding hydrogens is 413 g/mol. The van der Waals surface area contributed by atoms with E-state index in [1.165, 1.54) is 18.2 Å². The van der Waals surface area contributed by atoms with Crippen molar-refractivity contribution < 1.29 is 13.2 Å². The predicted molar refractivity (Wildman–Crippen MR) is 119 cm³/mol. The average molecular weight is 441 g/mol. The van der Waals surface area contributed by atoms with Crippen LogP contribution in [-0.2, 0) is 19.4 Å². The number of aryl methyl sites for hydroxylation is 2. The minimum absolute atomic E-state index is 0.212. The Bertz CT molecular complexity index is 1050. The molecule has 3 aromatic rings. The molecule has 1 atom stereocenters. The highest BCUT2D eigenvalue weighted by Gasteiger charge is 2.19. The van der Waals surface area contributed by atoms with Crippen molar-refractivity contribution in [3.8, 4) is 11.3 Å². The maximum atomic E-state index is 14.5. The van der Waals surface area contributed by atoms with E-state index in [-0.39, 0.29) is 5.82 Å². The van der Waals surface area contributed by atoms with Gasteiger partial charge in [-0.2, -0.15) is 0 Å². The Kier molecular flexibility index (Phi) is 7.17. The van der Waals surface area contributed by atoms with Crippen LogP contribution in [-0.4, -0.2) is 40.5 Å². The highest BCUT2D eigenvalue weighted by atomic mass is 19.1. The molecule has 32 heavy (non-hydrogen) atoms. The van der Waals surface area contributed by atoms with Crippen molar-refractivity contribution >= 4 is 0 Å². The third-order valence-corrected chi connectivity index (χ3v) is 5.85. The molecule has 1 aromatic heterocycles. The van der Waals surface area contributed by atoms with Crippen molar-refractivity contribution in [3.63, 3.8) is 0 Å². The monoisotopic (exact) mass is 440 g/mol. The van der Waals surface area contributed by atoms with Crippen molar-refractivity contribution in [2.45, 2.75) is 38.8 Å². The molecule has 0 unspecified atom stereocenters. The van der Waals surface area contributed by atoms with Crippen LogP contribution < -0.4 is 5.32 Å². The highest BCUT2D eigenvalue weighted by molar-refractivity contribution is 5.59. The predicted octanol–water partition coefficient (Wildman–Crippen LogP) is 4.53. The zero-order valence-corrected chi connectivity index (χ0v) is 18.1. The second-order valence-corrected chi connectivity index (χ2v) is 8.32. The van der Waals surface area contributed by atoms with Crippen LogP contribution >= 0.6 is 0 Å². The molecule has 1 N–H and O–H groups in total. The van der Waals surface area contributed by atoms with Gasteiger partial charge >= 0.3 is 0 Å². The minimum Gasteiger partial charge on any atom is -0.314 e. The standard InChI is InChI=1S/C25H27F3N4/c1-17-15-29-9-10-32(17)16-20-13-19(5-6-23(20)28)24-7-8-30-25(31-24)4-2-3-18-11-21(26)14-22(27)12-18/h5-8,11-14,17,29H,2-4,9-10,15-16H2,1H3/t17-/m0/s1. The van der Waals surface area contributed by atoms with Gasteiger partial charge in [0.1, 0.15) is 23.3 Å². The van der Waals surface area contributed by atoms with E-state index in [0.717, 1.165) is 37.0 Å². The fourth-order valence-electron chi connectivity index (χ4n) is 4.08. The van der Waals surface area contributed by atoms with E-state index in [1.807, 2.05) is 12.1 Å². The summed E-state index contributed by atoms with van der Waals surface area (Å²) in [6, 6.07) is 10.8. The zero-order chi connectivity index (χ0) is 22.5. The second kappa shape index (κ2) is 10.2. The molecule has 0 radical (unpaired) electrons. The van der Waals surface area contributed by atoms with Crippen LogP contribution in [0.2, 0.25) is 0 Å². The van der Waals surface area contributed by atoms with E-state index in [4.69, 9.17) is 0 Å². The van der Waals surface area contributed by atoms with E-state index < -0.39 is 11.6 Å². The summed E-state index contributed by atoms with van der Waals surface area (Å²) in [7, 11) is 0. The molecule has 0 bridgehead atoms. The number of rotatable bonds is 7. The minimum atomic E-state index is -0.569. The average Bonchev–Trinajstić information content (AvgIpc) is 2.76. The summed E-state index contributed by atoms with van der Waals surface area (Å²) >= 11 is 0. The number of halogens is 3. The van der Waals surface area contributed by atoms with Crippen molar-refractivity contribution in [3.05, 3.63) is 83.1 Å². The topological polar surface area (TPSA) is 41.0 Å². The molecule has 7 heteroatoms. The van der Waals surface area contributed by atoms with Crippen LogP contribution in [0.3, 0.4) is 0 Å². The van der Waals surface area contributed by atoms with Gasteiger partial charge in [-0.15, -0.1) is 0 Å². The van der Waals surface area contributed by atoms with Gasteiger partial charge in [0.15, 0.2) is 0 Å². The van der Waals surface area contributed by atoms with Crippen LogP contribution in [0.1, 0.15) is 30.3 Å². The van der Waals surface area contributed by atoms with Crippen molar-refractivity contribution in [2.24, 2.45) is 0 Å².